The van der Waals surface area contributed by atoms with Crippen molar-refractivity contribution in [3.05, 3.63) is 23.8 Å². The second kappa shape index (κ2) is 6.03. The second-order valence-electron chi connectivity index (χ2n) is 5.13. The Kier molecular flexibility index (Phi) is 4.35. The molecule has 0 aromatic heterocycles. The van der Waals surface area contributed by atoms with Gasteiger partial charge in [0.25, 0.3) is 0 Å². The predicted octanol–water partition coefficient (Wildman–Crippen LogP) is 1.38. The van der Waals surface area contributed by atoms with Gasteiger partial charge in [-0.2, -0.15) is 0 Å². The zero-order valence-electron chi connectivity index (χ0n) is 12.3. The Morgan fingerprint density at radius 3 is 2.62 bits per heavy atom. The molecule has 1 aromatic carbocycles. The van der Waals surface area contributed by atoms with Crippen LogP contribution in [0.25, 0.3) is 0 Å². The lowest BCUT2D eigenvalue weighted by Gasteiger charge is -2.18. The maximum Gasteiger partial charge on any atom is 0.309 e. The number of amides is 1. The van der Waals surface area contributed by atoms with Gasteiger partial charge in [-0.25, -0.2) is 0 Å². The number of carboxylic acids is 1. The smallest absolute Gasteiger partial charge is 0.309 e. The third kappa shape index (κ3) is 2.94. The van der Waals surface area contributed by atoms with Crippen LogP contribution in [-0.4, -0.2) is 42.6 Å². The van der Waals surface area contributed by atoms with Crippen molar-refractivity contribution in [2.75, 3.05) is 20.8 Å². The number of hydrogen-bond donors (Lipinski definition) is 1. The molecule has 1 fully saturated rings. The zero-order valence-corrected chi connectivity index (χ0v) is 12.3. The number of likely N-dealkylation sites (tertiary alicyclic amines) is 1. The zero-order chi connectivity index (χ0) is 15.6. The van der Waals surface area contributed by atoms with Crippen LogP contribution in [0, 0.1) is 11.8 Å². The third-order valence-corrected chi connectivity index (χ3v) is 3.89. The Labute approximate surface area is 123 Å². The molecule has 114 valence electrons. The van der Waals surface area contributed by atoms with Crippen molar-refractivity contribution in [1.29, 1.82) is 0 Å². The highest BCUT2D eigenvalue weighted by Crippen LogP contribution is 2.30. The summed E-state index contributed by atoms with van der Waals surface area (Å²) in [4.78, 5) is 24.8. The van der Waals surface area contributed by atoms with E-state index < -0.39 is 17.8 Å². The largest absolute Gasteiger partial charge is 0.497 e. The van der Waals surface area contributed by atoms with E-state index in [0.717, 1.165) is 5.56 Å². The molecule has 1 amide bonds. The number of aliphatic carboxylic acids is 1. The molecule has 2 atom stereocenters. The van der Waals surface area contributed by atoms with Crippen molar-refractivity contribution in [3.63, 3.8) is 0 Å². The van der Waals surface area contributed by atoms with Crippen molar-refractivity contribution in [3.8, 4) is 11.5 Å². The molecule has 1 N–H and O–H groups in total. The summed E-state index contributed by atoms with van der Waals surface area (Å²) in [6, 6.07) is 5.36. The van der Waals surface area contributed by atoms with E-state index in [2.05, 4.69) is 0 Å². The number of rotatable bonds is 5. The van der Waals surface area contributed by atoms with Crippen molar-refractivity contribution in [1.82, 2.24) is 4.90 Å². The number of methoxy groups -OCH3 is 2. The molecule has 1 unspecified atom stereocenters. The van der Waals surface area contributed by atoms with Crippen LogP contribution in [0.3, 0.4) is 0 Å². The summed E-state index contributed by atoms with van der Waals surface area (Å²) in [5, 5.41) is 9.13. The average Bonchev–Trinajstić information content (AvgIpc) is 2.76. The number of carboxylic acid groups (broad SMARTS) is 1. The fourth-order valence-corrected chi connectivity index (χ4v) is 2.57. The van der Waals surface area contributed by atoms with E-state index in [0.29, 0.717) is 18.0 Å². The standard InChI is InChI=1S/C15H19NO5/c1-9-12(15(18)19)8-16(14(9)17)7-10-4-5-11(20-2)6-13(10)21-3/h4-6,9,12H,7-8H2,1-3H3,(H,18,19)/t9?,12-/m1/s1. The van der Waals surface area contributed by atoms with Gasteiger partial charge in [0, 0.05) is 24.7 Å². The van der Waals surface area contributed by atoms with E-state index in [-0.39, 0.29) is 12.5 Å². The monoisotopic (exact) mass is 293 g/mol. The SMILES string of the molecule is COc1ccc(CN2C[C@@H](C(=O)O)C(C)C2=O)c(OC)c1. The maximum absolute atomic E-state index is 12.1. The topological polar surface area (TPSA) is 76.1 Å². The van der Waals surface area contributed by atoms with Crippen LogP contribution >= 0.6 is 0 Å². The van der Waals surface area contributed by atoms with Gasteiger partial charge in [-0.05, 0) is 12.1 Å². The van der Waals surface area contributed by atoms with Crippen molar-refractivity contribution < 1.29 is 24.2 Å². The fourth-order valence-electron chi connectivity index (χ4n) is 2.57. The minimum atomic E-state index is -0.931. The molecule has 21 heavy (non-hydrogen) atoms. The molecule has 1 heterocycles. The fraction of sp³-hybridized carbons (Fsp3) is 0.467. The second-order valence-corrected chi connectivity index (χ2v) is 5.13. The summed E-state index contributed by atoms with van der Waals surface area (Å²) in [6.07, 6.45) is 0. The van der Waals surface area contributed by atoms with E-state index in [4.69, 9.17) is 14.6 Å². The van der Waals surface area contributed by atoms with Gasteiger partial charge in [-0.15, -0.1) is 0 Å². The highest BCUT2D eigenvalue weighted by Gasteiger charge is 2.41. The predicted molar refractivity (Wildman–Crippen MR) is 75.3 cm³/mol. The van der Waals surface area contributed by atoms with Crippen LogP contribution in [-0.2, 0) is 16.1 Å². The van der Waals surface area contributed by atoms with E-state index in [1.54, 1.807) is 38.2 Å². The molecule has 1 aliphatic rings. The van der Waals surface area contributed by atoms with Crippen LogP contribution in [0.2, 0.25) is 0 Å². The molecule has 0 saturated carbocycles. The number of ether oxygens (including phenoxy) is 2. The molecule has 6 nitrogen and oxygen atoms in total. The molecule has 1 aromatic rings. The van der Waals surface area contributed by atoms with Gasteiger partial charge < -0.3 is 19.5 Å². The van der Waals surface area contributed by atoms with Gasteiger partial charge in [-0.1, -0.05) is 6.92 Å². The first kappa shape index (κ1) is 15.2. The molecule has 1 saturated heterocycles. The Balaban J connectivity index is 2.19. The molecule has 1 aliphatic heterocycles. The quantitative estimate of drug-likeness (QED) is 0.887. The summed E-state index contributed by atoms with van der Waals surface area (Å²) in [5.41, 5.74) is 0.824. The van der Waals surface area contributed by atoms with Gasteiger partial charge in [0.05, 0.1) is 26.1 Å². The first-order chi connectivity index (χ1) is 9.97. The Hall–Kier alpha value is -2.24. The van der Waals surface area contributed by atoms with E-state index in [1.165, 1.54) is 0 Å². The molecule has 6 heteroatoms. The molecular weight excluding hydrogens is 274 g/mol. The third-order valence-electron chi connectivity index (χ3n) is 3.89. The van der Waals surface area contributed by atoms with Crippen LogP contribution < -0.4 is 9.47 Å². The number of hydrogen-bond acceptors (Lipinski definition) is 4. The Morgan fingerprint density at radius 2 is 2.10 bits per heavy atom. The summed E-state index contributed by atoms with van der Waals surface area (Å²) in [5.74, 6) is -0.928. The van der Waals surface area contributed by atoms with Gasteiger partial charge in [0.15, 0.2) is 0 Å². The minimum absolute atomic E-state index is 0.139. The van der Waals surface area contributed by atoms with Crippen LogP contribution in [0.15, 0.2) is 18.2 Å². The molecule has 2 rings (SSSR count). The summed E-state index contributed by atoms with van der Waals surface area (Å²) < 4.78 is 10.4. The highest BCUT2D eigenvalue weighted by molar-refractivity contribution is 5.88. The number of carbonyl (C=O) groups is 2. The molecular formula is C15H19NO5. The molecule has 0 bridgehead atoms. The first-order valence-electron chi connectivity index (χ1n) is 6.70. The highest BCUT2D eigenvalue weighted by atomic mass is 16.5. The lowest BCUT2D eigenvalue weighted by Crippen LogP contribution is -2.26. The minimum Gasteiger partial charge on any atom is -0.497 e. The molecule has 0 radical (unpaired) electrons. The first-order valence-corrected chi connectivity index (χ1v) is 6.70. The average molecular weight is 293 g/mol. The Morgan fingerprint density at radius 1 is 1.38 bits per heavy atom. The van der Waals surface area contributed by atoms with Crippen LogP contribution in [0.4, 0.5) is 0 Å². The number of carbonyl (C=O) groups excluding carboxylic acids is 1. The lowest BCUT2D eigenvalue weighted by molar-refractivity contribution is -0.143. The van der Waals surface area contributed by atoms with Gasteiger partial charge in [-0.3, -0.25) is 9.59 Å². The number of benzene rings is 1. The molecule has 0 aliphatic carbocycles. The van der Waals surface area contributed by atoms with Gasteiger partial charge in [0.2, 0.25) is 5.91 Å². The molecule has 0 spiro atoms. The normalized spacial score (nSPS) is 21.5. The van der Waals surface area contributed by atoms with E-state index >= 15 is 0 Å². The Bertz CT molecular complexity index is 557. The van der Waals surface area contributed by atoms with Crippen molar-refractivity contribution >= 4 is 11.9 Å². The van der Waals surface area contributed by atoms with E-state index in [1.807, 2.05) is 6.07 Å². The van der Waals surface area contributed by atoms with Crippen LogP contribution in [0.5, 0.6) is 11.5 Å². The van der Waals surface area contributed by atoms with Gasteiger partial charge >= 0.3 is 5.97 Å². The number of nitrogens with zero attached hydrogens (tertiary/aromatic N) is 1. The lowest BCUT2D eigenvalue weighted by atomic mass is 9.98. The maximum atomic E-state index is 12.1. The summed E-state index contributed by atoms with van der Waals surface area (Å²) in [7, 11) is 3.12. The van der Waals surface area contributed by atoms with E-state index in [9.17, 15) is 9.59 Å². The van der Waals surface area contributed by atoms with Crippen LogP contribution in [0.1, 0.15) is 12.5 Å². The van der Waals surface area contributed by atoms with Crippen molar-refractivity contribution in [2.45, 2.75) is 13.5 Å². The summed E-state index contributed by atoms with van der Waals surface area (Å²) >= 11 is 0. The van der Waals surface area contributed by atoms with Gasteiger partial charge in [0.1, 0.15) is 11.5 Å². The van der Waals surface area contributed by atoms with Crippen molar-refractivity contribution in [2.24, 2.45) is 11.8 Å². The summed E-state index contributed by atoms with van der Waals surface area (Å²) in [6.45, 7) is 2.22.